The van der Waals surface area contributed by atoms with Crippen LogP contribution in [0.25, 0.3) is 0 Å². The summed E-state index contributed by atoms with van der Waals surface area (Å²) in [5, 5.41) is 7.22. The summed E-state index contributed by atoms with van der Waals surface area (Å²) in [7, 11) is 0. The maximum absolute atomic E-state index is 5.18. The monoisotopic (exact) mass is 354 g/mol. The van der Waals surface area contributed by atoms with Crippen LogP contribution in [0.5, 0.6) is 0 Å². The maximum Gasteiger partial charge on any atom is 0.144 e. The molecule has 0 amide bonds. The van der Waals surface area contributed by atoms with E-state index >= 15 is 0 Å². The van der Waals surface area contributed by atoms with Gasteiger partial charge in [0.2, 0.25) is 0 Å². The van der Waals surface area contributed by atoms with Gasteiger partial charge < -0.3 is 9.68 Å². The molecule has 0 saturated carbocycles. The zero-order chi connectivity index (χ0) is 19.2. The topological polar surface area (TPSA) is 43.2 Å². The second-order valence-electron chi connectivity index (χ2n) is 8.60. The lowest BCUT2D eigenvalue weighted by Gasteiger charge is -2.19. The lowest BCUT2D eigenvalue weighted by atomic mass is 9.87. The third-order valence-corrected chi connectivity index (χ3v) is 4.25. The molecule has 0 aliphatic carbocycles. The van der Waals surface area contributed by atoms with E-state index in [1.165, 1.54) is 11.1 Å². The quantitative estimate of drug-likeness (QED) is 0.451. The van der Waals surface area contributed by atoms with Crippen molar-refractivity contribution in [1.29, 1.82) is 0 Å². The molecule has 2 aromatic rings. The minimum Gasteiger partial charge on any atom is -0.372 e. The van der Waals surface area contributed by atoms with Gasteiger partial charge in [-0.2, -0.15) is 0 Å². The Hall–Kier alpha value is -2.36. The van der Waals surface area contributed by atoms with Crippen molar-refractivity contribution in [2.45, 2.75) is 65.6 Å². The van der Waals surface area contributed by atoms with Crippen molar-refractivity contribution in [3.63, 3.8) is 0 Å². The summed E-state index contributed by atoms with van der Waals surface area (Å²) in [5.74, 6) is 0. The molecule has 26 heavy (non-hydrogen) atoms. The van der Waals surface area contributed by atoms with Crippen LogP contribution in [0.2, 0.25) is 0 Å². The van der Waals surface area contributed by atoms with Crippen LogP contribution in [0.3, 0.4) is 0 Å². The van der Waals surface area contributed by atoms with E-state index in [1.807, 2.05) is 24.3 Å². The van der Waals surface area contributed by atoms with Gasteiger partial charge in [0.25, 0.3) is 0 Å². The zero-order valence-corrected chi connectivity index (χ0v) is 16.7. The Morgan fingerprint density at radius 2 is 0.885 bits per heavy atom. The molecule has 0 bridgehead atoms. The molecule has 2 rings (SSSR count). The Bertz CT molecular complexity index is 642. The van der Waals surface area contributed by atoms with Crippen molar-refractivity contribution in [3.05, 3.63) is 70.8 Å². The Morgan fingerprint density at radius 1 is 0.577 bits per heavy atom. The van der Waals surface area contributed by atoms with Gasteiger partial charge >= 0.3 is 0 Å². The largest absolute Gasteiger partial charge is 0.372 e. The predicted molar refractivity (Wildman–Crippen MR) is 105 cm³/mol. The van der Waals surface area contributed by atoms with E-state index in [0.717, 1.165) is 11.1 Å². The van der Waals surface area contributed by atoms with Crippen molar-refractivity contribution in [2.24, 2.45) is 10.6 Å². The van der Waals surface area contributed by atoms with Gasteiger partial charge in [0.05, 0.1) is 10.6 Å². The van der Waals surface area contributed by atoms with Gasteiger partial charge in [-0.05, 0) is 33.1 Å². The molecule has 0 aliphatic heterocycles. The molecule has 2 aromatic carbocycles. The lowest BCUT2D eigenvalue weighted by Crippen LogP contribution is -2.10. The fraction of sp³-hybridized carbons (Fsp3) is 0.455. The number of hydrogen-bond acceptors (Lipinski definition) is 4. The molecule has 0 radical (unpaired) electrons. The van der Waals surface area contributed by atoms with Gasteiger partial charge in [0.15, 0.2) is 0 Å². The summed E-state index contributed by atoms with van der Waals surface area (Å²) in [6.45, 7) is 13.9. The highest BCUT2D eigenvalue weighted by Gasteiger charge is 2.13. The van der Waals surface area contributed by atoms with Crippen molar-refractivity contribution < 1.29 is 9.68 Å². The molecule has 0 fully saturated rings. The van der Waals surface area contributed by atoms with E-state index in [4.69, 9.17) is 9.68 Å². The van der Waals surface area contributed by atoms with Crippen LogP contribution in [-0.2, 0) is 33.7 Å². The van der Waals surface area contributed by atoms with Crippen LogP contribution in [0.4, 0.5) is 0 Å². The van der Waals surface area contributed by atoms with E-state index in [2.05, 4.69) is 76.4 Å². The molecule has 0 saturated heterocycles. The van der Waals surface area contributed by atoms with Crippen LogP contribution in [0, 0.1) is 0 Å². The predicted octanol–water partition coefficient (Wildman–Crippen LogP) is 6.30. The molecule has 4 heteroatoms. The normalized spacial score (nSPS) is 12.4. The first-order valence-electron chi connectivity index (χ1n) is 8.99. The first kappa shape index (κ1) is 20.0. The van der Waals surface area contributed by atoms with Crippen LogP contribution in [0.1, 0.15) is 63.8 Å². The van der Waals surface area contributed by atoms with Crippen molar-refractivity contribution in [3.8, 4) is 0 Å². The summed E-state index contributed by atoms with van der Waals surface area (Å²) in [6, 6.07) is 16.7. The van der Waals surface area contributed by atoms with Gasteiger partial charge in [-0.3, -0.25) is 0 Å². The first-order valence-corrected chi connectivity index (χ1v) is 8.99. The Morgan fingerprint density at radius 3 is 1.15 bits per heavy atom. The Kier molecular flexibility index (Phi) is 6.41. The van der Waals surface area contributed by atoms with Crippen molar-refractivity contribution in [1.82, 2.24) is 0 Å². The minimum absolute atomic E-state index is 0.151. The van der Waals surface area contributed by atoms with Gasteiger partial charge in [-0.1, -0.05) is 90.1 Å². The average molecular weight is 354 g/mol. The third kappa shape index (κ3) is 6.17. The molecule has 0 spiro atoms. The summed E-state index contributed by atoms with van der Waals surface area (Å²) >= 11 is 0. The van der Waals surface area contributed by atoms with Crippen molar-refractivity contribution in [2.75, 3.05) is 0 Å². The van der Waals surface area contributed by atoms with Crippen molar-refractivity contribution >= 4 is 0 Å². The van der Waals surface area contributed by atoms with Crippen LogP contribution >= 0.6 is 0 Å². The number of benzene rings is 2. The van der Waals surface area contributed by atoms with Crippen LogP contribution in [0.15, 0.2) is 59.1 Å². The fourth-order valence-corrected chi connectivity index (χ4v) is 2.46. The van der Waals surface area contributed by atoms with Gasteiger partial charge in [-0.15, -0.1) is 0 Å². The molecule has 4 nitrogen and oxygen atoms in total. The zero-order valence-electron chi connectivity index (χ0n) is 16.7. The second kappa shape index (κ2) is 8.35. The van der Waals surface area contributed by atoms with Crippen LogP contribution < -0.4 is 0 Å². The Balaban J connectivity index is 1.73. The maximum atomic E-state index is 5.18. The highest BCUT2D eigenvalue weighted by Crippen LogP contribution is 2.23. The van der Waals surface area contributed by atoms with Gasteiger partial charge in [0.1, 0.15) is 13.2 Å². The van der Waals surface area contributed by atoms with Gasteiger partial charge in [0, 0.05) is 0 Å². The third-order valence-electron chi connectivity index (χ3n) is 4.25. The van der Waals surface area contributed by atoms with Crippen LogP contribution in [-0.4, -0.2) is 0 Å². The molecular weight excluding hydrogens is 324 g/mol. The van der Waals surface area contributed by atoms with E-state index in [-0.39, 0.29) is 10.8 Å². The molecule has 0 aliphatic rings. The van der Waals surface area contributed by atoms with E-state index in [1.54, 1.807) is 0 Å². The molecule has 0 heterocycles. The smallest absolute Gasteiger partial charge is 0.144 e. The molecule has 0 atom stereocenters. The SMILES string of the molecule is CC(C)(C)c1ccc(CO/N=N/OCc2ccc(C(C)(C)C)cc2)cc1. The molecule has 0 aromatic heterocycles. The lowest BCUT2D eigenvalue weighted by molar-refractivity contribution is 0.0269. The molecular formula is C22H30N2O2. The fourth-order valence-electron chi connectivity index (χ4n) is 2.46. The first-order chi connectivity index (χ1) is 12.2. The van der Waals surface area contributed by atoms with E-state index in [9.17, 15) is 0 Å². The number of nitrogens with zero attached hydrogens (tertiary/aromatic N) is 2. The van der Waals surface area contributed by atoms with E-state index < -0.39 is 0 Å². The highest BCUT2D eigenvalue weighted by molar-refractivity contribution is 5.28. The van der Waals surface area contributed by atoms with Gasteiger partial charge in [-0.25, -0.2) is 0 Å². The minimum atomic E-state index is 0.151. The number of hydrogen-bond donors (Lipinski definition) is 0. The number of rotatable bonds is 6. The summed E-state index contributed by atoms with van der Waals surface area (Å²) in [5.41, 5.74) is 4.99. The second-order valence-corrected chi connectivity index (χ2v) is 8.60. The molecule has 140 valence electrons. The summed E-state index contributed by atoms with van der Waals surface area (Å²) in [6.07, 6.45) is 0. The Labute approximate surface area is 157 Å². The summed E-state index contributed by atoms with van der Waals surface area (Å²) < 4.78 is 0. The summed E-state index contributed by atoms with van der Waals surface area (Å²) in [4.78, 5) is 10.4. The highest BCUT2D eigenvalue weighted by atomic mass is 16.7. The average Bonchev–Trinajstić information content (AvgIpc) is 2.57. The molecule has 0 unspecified atom stereocenters. The van der Waals surface area contributed by atoms with E-state index in [0.29, 0.717) is 13.2 Å². The molecule has 0 N–H and O–H groups in total. The standard InChI is InChI=1S/C22H30N2O2/c1-21(2,3)19-11-7-17(8-12-19)15-25-23-24-26-16-18-9-13-20(14-10-18)22(4,5)6/h7-14H,15-16H2,1-6H3/b24-23+.